The summed E-state index contributed by atoms with van der Waals surface area (Å²) in [6.45, 7) is 7.93. The van der Waals surface area contributed by atoms with Crippen LogP contribution >= 0.6 is 11.6 Å². The van der Waals surface area contributed by atoms with E-state index in [1.165, 1.54) is 0 Å². The molecule has 0 saturated carbocycles. The van der Waals surface area contributed by atoms with E-state index in [2.05, 4.69) is 15.1 Å². The van der Waals surface area contributed by atoms with Crippen molar-refractivity contribution in [1.82, 2.24) is 20.0 Å². The third kappa shape index (κ3) is 5.43. The van der Waals surface area contributed by atoms with E-state index in [1.807, 2.05) is 36.1 Å². The van der Waals surface area contributed by atoms with Crippen molar-refractivity contribution in [3.63, 3.8) is 0 Å². The molecular weight excluding hydrogens is 364 g/mol. The molecular formula is C20H29ClN4O2. The van der Waals surface area contributed by atoms with Crippen molar-refractivity contribution in [1.29, 1.82) is 0 Å². The maximum atomic E-state index is 12.5. The fourth-order valence-electron chi connectivity index (χ4n) is 3.70. The first-order valence-electron chi connectivity index (χ1n) is 9.80. The maximum absolute atomic E-state index is 12.5. The minimum atomic E-state index is -0.191. The Hall–Kier alpha value is -1.63. The van der Waals surface area contributed by atoms with Crippen LogP contribution in [0.4, 0.5) is 0 Å². The minimum Gasteiger partial charge on any atom is -0.351 e. The number of carbonyl (C=O) groups is 2. The summed E-state index contributed by atoms with van der Waals surface area (Å²) in [4.78, 5) is 31.1. The van der Waals surface area contributed by atoms with Crippen LogP contribution in [0.1, 0.15) is 25.3 Å². The summed E-state index contributed by atoms with van der Waals surface area (Å²) in [6.07, 6.45) is 2.25. The highest BCUT2D eigenvalue weighted by molar-refractivity contribution is 6.31. The average Bonchev–Trinajstić information content (AvgIpc) is 3.22. The fraction of sp³-hybridized carbons (Fsp3) is 0.600. The summed E-state index contributed by atoms with van der Waals surface area (Å²) in [5.74, 6) is 0.253. The van der Waals surface area contributed by atoms with Gasteiger partial charge in [-0.1, -0.05) is 29.8 Å². The summed E-state index contributed by atoms with van der Waals surface area (Å²) < 4.78 is 0. The van der Waals surface area contributed by atoms with Gasteiger partial charge in [-0.3, -0.25) is 19.4 Å². The molecule has 1 atom stereocenters. The number of carbonyl (C=O) groups excluding carboxylic acids is 2. The number of halogens is 1. The Morgan fingerprint density at radius 1 is 1.07 bits per heavy atom. The van der Waals surface area contributed by atoms with Crippen LogP contribution in [0.2, 0.25) is 5.02 Å². The lowest BCUT2D eigenvalue weighted by molar-refractivity contribution is -0.133. The first-order valence-corrected chi connectivity index (χ1v) is 10.2. The molecule has 6 nitrogen and oxygen atoms in total. The van der Waals surface area contributed by atoms with Gasteiger partial charge in [0.15, 0.2) is 0 Å². The van der Waals surface area contributed by atoms with Gasteiger partial charge >= 0.3 is 0 Å². The standard InChI is InChI=1S/C20H29ClN4O2/c1-16(20(27)22-14-17-6-2-3-7-18(17)21)24-12-10-23(11-13-24)15-19(26)25-8-4-5-9-25/h2-3,6-7,16H,4-5,8-15H2,1H3,(H,22,27). The second kappa shape index (κ2) is 9.53. The van der Waals surface area contributed by atoms with Gasteiger partial charge in [0.1, 0.15) is 0 Å². The van der Waals surface area contributed by atoms with E-state index in [0.29, 0.717) is 18.1 Å². The summed E-state index contributed by atoms with van der Waals surface area (Å²) in [5, 5.41) is 3.65. The second-order valence-corrected chi connectivity index (χ2v) is 7.79. The van der Waals surface area contributed by atoms with Crippen molar-refractivity contribution in [3.05, 3.63) is 34.9 Å². The van der Waals surface area contributed by atoms with Gasteiger partial charge in [-0.25, -0.2) is 0 Å². The van der Waals surface area contributed by atoms with Crippen molar-refractivity contribution in [3.8, 4) is 0 Å². The van der Waals surface area contributed by atoms with Gasteiger partial charge in [0.2, 0.25) is 11.8 Å². The first kappa shape index (κ1) is 20.1. The molecule has 2 saturated heterocycles. The molecule has 0 aliphatic carbocycles. The van der Waals surface area contributed by atoms with Crippen LogP contribution in [0, 0.1) is 0 Å². The number of nitrogens with one attached hydrogen (secondary N) is 1. The van der Waals surface area contributed by atoms with Gasteiger partial charge < -0.3 is 10.2 Å². The normalized spacial score (nSPS) is 19.9. The van der Waals surface area contributed by atoms with E-state index in [0.717, 1.165) is 57.7 Å². The number of rotatable bonds is 6. The summed E-state index contributed by atoms with van der Waals surface area (Å²) in [7, 11) is 0. The van der Waals surface area contributed by atoms with Gasteiger partial charge in [-0.05, 0) is 31.4 Å². The minimum absolute atomic E-state index is 0.0107. The molecule has 7 heteroatoms. The zero-order chi connectivity index (χ0) is 19.2. The maximum Gasteiger partial charge on any atom is 0.237 e. The summed E-state index contributed by atoms with van der Waals surface area (Å²) in [6, 6.07) is 7.35. The molecule has 27 heavy (non-hydrogen) atoms. The van der Waals surface area contributed by atoms with Gasteiger partial charge in [0.05, 0.1) is 12.6 Å². The van der Waals surface area contributed by atoms with Crippen LogP contribution in [0.25, 0.3) is 0 Å². The van der Waals surface area contributed by atoms with Crippen LogP contribution in [-0.2, 0) is 16.1 Å². The number of likely N-dealkylation sites (tertiary alicyclic amines) is 1. The van der Waals surface area contributed by atoms with E-state index in [1.54, 1.807) is 0 Å². The molecule has 2 fully saturated rings. The highest BCUT2D eigenvalue weighted by Gasteiger charge is 2.27. The van der Waals surface area contributed by atoms with Crippen LogP contribution in [-0.4, -0.2) is 78.4 Å². The third-order valence-corrected chi connectivity index (χ3v) is 5.93. The Kier molecular flexibility index (Phi) is 7.10. The van der Waals surface area contributed by atoms with Gasteiger partial charge in [0, 0.05) is 50.8 Å². The van der Waals surface area contributed by atoms with Crippen molar-refractivity contribution in [2.45, 2.75) is 32.4 Å². The van der Waals surface area contributed by atoms with Crippen molar-refractivity contribution < 1.29 is 9.59 Å². The quantitative estimate of drug-likeness (QED) is 0.798. The number of amides is 2. The van der Waals surface area contributed by atoms with Gasteiger partial charge in [0.25, 0.3) is 0 Å². The Labute approximate surface area is 166 Å². The van der Waals surface area contributed by atoms with Crippen LogP contribution in [0.5, 0.6) is 0 Å². The number of nitrogens with zero attached hydrogens (tertiary/aromatic N) is 3. The Balaban J connectivity index is 1.41. The third-order valence-electron chi connectivity index (χ3n) is 5.56. The van der Waals surface area contributed by atoms with E-state index in [4.69, 9.17) is 11.6 Å². The lowest BCUT2D eigenvalue weighted by Crippen LogP contribution is -2.55. The zero-order valence-electron chi connectivity index (χ0n) is 16.0. The first-order chi connectivity index (χ1) is 13.0. The van der Waals surface area contributed by atoms with Crippen LogP contribution < -0.4 is 5.32 Å². The topological polar surface area (TPSA) is 55.9 Å². The number of hydrogen-bond donors (Lipinski definition) is 1. The molecule has 0 spiro atoms. The highest BCUT2D eigenvalue weighted by Crippen LogP contribution is 2.15. The molecule has 3 rings (SSSR count). The van der Waals surface area contributed by atoms with E-state index in [-0.39, 0.29) is 17.9 Å². The molecule has 1 N–H and O–H groups in total. The molecule has 0 aromatic heterocycles. The second-order valence-electron chi connectivity index (χ2n) is 7.39. The molecule has 2 heterocycles. The smallest absolute Gasteiger partial charge is 0.237 e. The van der Waals surface area contributed by atoms with E-state index in [9.17, 15) is 9.59 Å². The summed E-state index contributed by atoms with van der Waals surface area (Å²) in [5.41, 5.74) is 0.921. The van der Waals surface area contributed by atoms with Crippen molar-refractivity contribution in [2.24, 2.45) is 0 Å². The molecule has 2 aliphatic heterocycles. The fourth-order valence-corrected chi connectivity index (χ4v) is 3.91. The lowest BCUT2D eigenvalue weighted by Gasteiger charge is -2.37. The van der Waals surface area contributed by atoms with Crippen molar-refractivity contribution in [2.75, 3.05) is 45.8 Å². The van der Waals surface area contributed by atoms with Crippen molar-refractivity contribution >= 4 is 23.4 Å². The molecule has 148 valence electrons. The van der Waals surface area contributed by atoms with Crippen LogP contribution in [0.3, 0.4) is 0 Å². The molecule has 1 unspecified atom stereocenters. The molecule has 0 radical (unpaired) electrons. The Morgan fingerprint density at radius 2 is 1.74 bits per heavy atom. The molecule has 2 aliphatic rings. The predicted octanol–water partition coefficient (Wildman–Crippen LogP) is 1.58. The summed E-state index contributed by atoms with van der Waals surface area (Å²) >= 11 is 6.14. The van der Waals surface area contributed by atoms with Gasteiger partial charge in [-0.2, -0.15) is 0 Å². The van der Waals surface area contributed by atoms with Gasteiger partial charge in [-0.15, -0.1) is 0 Å². The van der Waals surface area contributed by atoms with E-state index >= 15 is 0 Å². The number of hydrogen-bond acceptors (Lipinski definition) is 4. The van der Waals surface area contributed by atoms with Crippen LogP contribution in [0.15, 0.2) is 24.3 Å². The van der Waals surface area contributed by atoms with E-state index < -0.39 is 0 Å². The zero-order valence-corrected chi connectivity index (χ0v) is 16.7. The lowest BCUT2D eigenvalue weighted by atomic mass is 10.2. The Bertz CT molecular complexity index is 655. The average molecular weight is 393 g/mol. The number of piperazine rings is 1. The number of benzene rings is 1. The molecule has 1 aromatic rings. The SMILES string of the molecule is CC(C(=O)NCc1ccccc1Cl)N1CCN(CC(=O)N2CCCC2)CC1. The Morgan fingerprint density at radius 3 is 2.41 bits per heavy atom. The molecule has 0 bridgehead atoms. The highest BCUT2D eigenvalue weighted by atomic mass is 35.5. The monoisotopic (exact) mass is 392 g/mol. The molecule has 2 amide bonds. The predicted molar refractivity (Wildman–Crippen MR) is 107 cm³/mol. The largest absolute Gasteiger partial charge is 0.351 e. The molecule has 1 aromatic carbocycles.